The fraction of sp³-hybridized carbons (Fsp3) is 0.636. The molecule has 17 heavy (non-hydrogen) atoms. The lowest BCUT2D eigenvalue weighted by atomic mass is 9.77. The molecule has 0 bridgehead atoms. The summed E-state index contributed by atoms with van der Waals surface area (Å²) in [6.45, 7) is 1.29. The Balaban J connectivity index is 1.65. The molecule has 6 nitrogen and oxygen atoms in total. The number of rotatable bonds is 2. The number of nitrogens with zero attached hydrogens (tertiary/aromatic N) is 2. The van der Waals surface area contributed by atoms with Crippen LogP contribution in [0, 0.1) is 5.92 Å². The van der Waals surface area contributed by atoms with E-state index in [1.807, 2.05) is 0 Å². The van der Waals surface area contributed by atoms with E-state index in [1.165, 1.54) is 0 Å². The fourth-order valence-electron chi connectivity index (χ4n) is 2.46. The lowest BCUT2D eigenvalue weighted by Gasteiger charge is -2.35. The SMILES string of the molecule is NC1CC(C2CN(C3=CNCC=N3)C(=O)O2)C1. The first-order chi connectivity index (χ1) is 8.24. The van der Waals surface area contributed by atoms with E-state index in [2.05, 4.69) is 10.3 Å². The zero-order valence-corrected chi connectivity index (χ0v) is 9.50. The Morgan fingerprint density at radius 1 is 1.53 bits per heavy atom. The minimum absolute atomic E-state index is 0.0275. The number of cyclic esters (lactones) is 1. The summed E-state index contributed by atoms with van der Waals surface area (Å²) in [7, 11) is 0. The average Bonchev–Trinajstić information content (AvgIpc) is 2.68. The lowest BCUT2D eigenvalue weighted by molar-refractivity contribution is 0.0619. The van der Waals surface area contributed by atoms with Crippen molar-refractivity contribution in [1.82, 2.24) is 10.2 Å². The molecule has 0 spiro atoms. The Morgan fingerprint density at radius 3 is 3.00 bits per heavy atom. The standard InChI is InChI=1S/C11H16N4O2/c12-8-3-7(4-8)9-6-15(11(16)17-9)10-5-13-1-2-14-10/h2,5,7-9,13H,1,3-4,6,12H2. The number of ether oxygens (including phenoxy) is 1. The molecule has 0 radical (unpaired) electrons. The van der Waals surface area contributed by atoms with Crippen molar-refractivity contribution in [3.05, 3.63) is 12.0 Å². The largest absolute Gasteiger partial charge is 0.444 e. The van der Waals surface area contributed by atoms with Gasteiger partial charge in [0.15, 0.2) is 5.82 Å². The summed E-state index contributed by atoms with van der Waals surface area (Å²) in [5.41, 5.74) is 5.75. The first kappa shape index (κ1) is 10.6. The van der Waals surface area contributed by atoms with Gasteiger partial charge in [0.1, 0.15) is 6.10 Å². The summed E-state index contributed by atoms with van der Waals surface area (Å²) in [4.78, 5) is 17.5. The van der Waals surface area contributed by atoms with Crippen LogP contribution in [0.25, 0.3) is 0 Å². The number of hydrogen-bond donors (Lipinski definition) is 2. The van der Waals surface area contributed by atoms with E-state index < -0.39 is 0 Å². The first-order valence-electron chi connectivity index (χ1n) is 5.94. The van der Waals surface area contributed by atoms with Gasteiger partial charge in [0.25, 0.3) is 0 Å². The van der Waals surface area contributed by atoms with Crippen LogP contribution in [-0.2, 0) is 4.74 Å². The topological polar surface area (TPSA) is 80.0 Å². The molecule has 0 aromatic heterocycles. The monoisotopic (exact) mass is 236 g/mol. The van der Waals surface area contributed by atoms with E-state index in [0.29, 0.717) is 24.8 Å². The van der Waals surface area contributed by atoms with Gasteiger partial charge < -0.3 is 15.8 Å². The van der Waals surface area contributed by atoms with Crippen molar-refractivity contribution in [3.8, 4) is 0 Å². The molecule has 3 rings (SSSR count). The van der Waals surface area contributed by atoms with E-state index in [-0.39, 0.29) is 18.2 Å². The molecule has 2 heterocycles. The molecule has 1 atom stereocenters. The van der Waals surface area contributed by atoms with E-state index in [0.717, 1.165) is 12.8 Å². The van der Waals surface area contributed by atoms with Gasteiger partial charge in [-0.2, -0.15) is 0 Å². The summed E-state index contributed by atoms with van der Waals surface area (Å²) in [5.74, 6) is 1.05. The number of hydrogen-bond acceptors (Lipinski definition) is 5. The zero-order valence-electron chi connectivity index (χ0n) is 9.50. The van der Waals surface area contributed by atoms with Crippen LogP contribution < -0.4 is 11.1 Å². The van der Waals surface area contributed by atoms with Crippen molar-refractivity contribution < 1.29 is 9.53 Å². The number of nitrogens with two attached hydrogens (primary N) is 1. The van der Waals surface area contributed by atoms with Gasteiger partial charge in [-0.15, -0.1) is 0 Å². The molecule has 6 heteroatoms. The van der Waals surface area contributed by atoms with Gasteiger partial charge in [-0.25, -0.2) is 9.79 Å². The van der Waals surface area contributed by atoms with Gasteiger partial charge in [-0.1, -0.05) is 0 Å². The number of aliphatic imine (C=N–C) groups is 1. The van der Waals surface area contributed by atoms with Gasteiger partial charge in [0.2, 0.25) is 0 Å². The molecule has 1 aliphatic carbocycles. The highest BCUT2D eigenvalue weighted by atomic mass is 16.6. The van der Waals surface area contributed by atoms with Crippen LogP contribution >= 0.6 is 0 Å². The Bertz CT molecular complexity index is 387. The Morgan fingerprint density at radius 2 is 2.35 bits per heavy atom. The second-order valence-corrected chi connectivity index (χ2v) is 4.75. The molecular formula is C11H16N4O2. The molecule has 1 unspecified atom stereocenters. The van der Waals surface area contributed by atoms with Crippen LogP contribution in [0.4, 0.5) is 4.79 Å². The van der Waals surface area contributed by atoms with Gasteiger partial charge in [-0.05, 0) is 12.8 Å². The highest BCUT2D eigenvalue weighted by molar-refractivity contribution is 5.73. The minimum atomic E-state index is -0.303. The maximum atomic E-state index is 11.7. The lowest BCUT2D eigenvalue weighted by Crippen LogP contribution is -2.43. The third kappa shape index (κ3) is 1.88. The fourth-order valence-corrected chi connectivity index (χ4v) is 2.46. The van der Waals surface area contributed by atoms with Crippen molar-refractivity contribution in [3.63, 3.8) is 0 Å². The van der Waals surface area contributed by atoms with Crippen LogP contribution in [0.5, 0.6) is 0 Å². The van der Waals surface area contributed by atoms with E-state index in [4.69, 9.17) is 10.5 Å². The molecule has 92 valence electrons. The molecule has 1 saturated heterocycles. The third-order valence-electron chi connectivity index (χ3n) is 3.51. The first-order valence-corrected chi connectivity index (χ1v) is 5.94. The highest BCUT2D eigenvalue weighted by Gasteiger charge is 2.42. The van der Waals surface area contributed by atoms with Crippen LogP contribution in [0.15, 0.2) is 17.0 Å². The van der Waals surface area contributed by atoms with Crippen LogP contribution in [0.2, 0.25) is 0 Å². The Labute approximate surface area is 99.5 Å². The van der Waals surface area contributed by atoms with E-state index in [9.17, 15) is 4.79 Å². The normalized spacial score (nSPS) is 36.1. The molecule has 0 aromatic carbocycles. The average molecular weight is 236 g/mol. The highest BCUT2D eigenvalue weighted by Crippen LogP contribution is 2.34. The predicted molar refractivity (Wildman–Crippen MR) is 62.3 cm³/mol. The number of carbonyl (C=O) groups is 1. The van der Waals surface area contributed by atoms with Crippen LogP contribution in [0.3, 0.4) is 0 Å². The quantitative estimate of drug-likeness (QED) is 0.708. The van der Waals surface area contributed by atoms with Gasteiger partial charge in [0, 0.05) is 30.9 Å². The van der Waals surface area contributed by atoms with Gasteiger partial charge in [-0.3, -0.25) is 4.90 Å². The predicted octanol–water partition coefficient (Wildman–Crippen LogP) is 0.0174. The zero-order chi connectivity index (χ0) is 11.8. The van der Waals surface area contributed by atoms with Gasteiger partial charge in [0.05, 0.1) is 6.54 Å². The number of nitrogens with one attached hydrogen (secondary N) is 1. The Hall–Kier alpha value is -1.56. The van der Waals surface area contributed by atoms with Crippen molar-refractivity contribution >= 4 is 12.3 Å². The van der Waals surface area contributed by atoms with E-state index >= 15 is 0 Å². The molecule has 1 amide bonds. The molecule has 3 N–H and O–H groups in total. The summed E-state index contributed by atoms with van der Waals surface area (Å²) >= 11 is 0. The van der Waals surface area contributed by atoms with Crippen molar-refractivity contribution in [2.75, 3.05) is 13.1 Å². The molecule has 3 aliphatic rings. The molecule has 2 aliphatic heterocycles. The van der Waals surface area contributed by atoms with Crippen molar-refractivity contribution in [2.24, 2.45) is 16.6 Å². The van der Waals surface area contributed by atoms with Crippen LogP contribution in [0.1, 0.15) is 12.8 Å². The van der Waals surface area contributed by atoms with Crippen molar-refractivity contribution in [2.45, 2.75) is 25.0 Å². The van der Waals surface area contributed by atoms with Crippen LogP contribution in [-0.4, -0.2) is 42.4 Å². The second-order valence-electron chi connectivity index (χ2n) is 4.75. The molecule has 2 fully saturated rings. The summed E-state index contributed by atoms with van der Waals surface area (Å²) in [6.07, 6.45) is 5.06. The summed E-state index contributed by atoms with van der Waals surface area (Å²) < 4.78 is 5.37. The molecule has 0 aromatic rings. The van der Waals surface area contributed by atoms with E-state index in [1.54, 1.807) is 17.3 Å². The smallest absolute Gasteiger partial charge is 0.416 e. The second kappa shape index (κ2) is 4.03. The maximum Gasteiger partial charge on any atom is 0.416 e. The van der Waals surface area contributed by atoms with Crippen molar-refractivity contribution in [1.29, 1.82) is 0 Å². The molecular weight excluding hydrogens is 220 g/mol. The number of amides is 1. The number of carbonyl (C=O) groups excluding carboxylic acids is 1. The maximum absolute atomic E-state index is 11.7. The Kier molecular flexibility index (Phi) is 2.51. The third-order valence-corrected chi connectivity index (χ3v) is 3.51. The summed E-state index contributed by atoms with van der Waals surface area (Å²) in [5, 5.41) is 3.03. The molecule has 1 saturated carbocycles. The van der Waals surface area contributed by atoms with Gasteiger partial charge >= 0.3 is 6.09 Å². The minimum Gasteiger partial charge on any atom is -0.444 e. The summed E-state index contributed by atoms with van der Waals surface area (Å²) in [6, 6.07) is 0.279.